The predicted molar refractivity (Wildman–Crippen MR) is 99.4 cm³/mol. The number of rotatable bonds is 7. The topological polar surface area (TPSA) is 107 Å². The quantitative estimate of drug-likeness (QED) is 0.551. The van der Waals surface area contributed by atoms with Crippen molar-refractivity contribution in [3.8, 4) is 11.4 Å². The Morgan fingerprint density at radius 3 is 2.81 bits per heavy atom. The molecule has 1 N–H and O–H groups in total. The van der Waals surface area contributed by atoms with Crippen LogP contribution in [0.2, 0.25) is 0 Å². The number of carbonyl (C=O) groups is 1. The fourth-order valence-electron chi connectivity index (χ4n) is 2.71. The van der Waals surface area contributed by atoms with Gasteiger partial charge in [0.05, 0.1) is 17.3 Å². The van der Waals surface area contributed by atoms with Crippen LogP contribution in [0.3, 0.4) is 0 Å². The lowest BCUT2D eigenvalue weighted by Gasteiger charge is -2.11. The van der Waals surface area contributed by atoms with Gasteiger partial charge in [0, 0.05) is 30.5 Å². The molecule has 0 aromatic carbocycles. The van der Waals surface area contributed by atoms with Gasteiger partial charge in [-0.1, -0.05) is 17.8 Å². The Labute approximate surface area is 156 Å². The molecule has 1 fully saturated rings. The van der Waals surface area contributed by atoms with Crippen molar-refractivity contribution in [2.24, 2.45) is 0 Å². The van der Waals surface area contributed by atoms with Crippen LogP contribution in [0.25, 0.3) is 11.4 Å². The summed E-state index contributed by atoms with van der Waals surface area (Å²) < 4.78 is 24.8. The first-order chi connectivity index (χ1) is 12.5. The van der Waals surface area contributed by atoms with Crippen LogP contribution in [0, 0.1) is 0 Å². The number of nitrogens with one attached hydrogen (secondary N) is 1. The summed E-state index contributed by atoms with van der Waals surface area (Å²) in [7, 11) is -3.01. The van der Waals surface area contributed by atoms with E-state index in [2.05, 4.69) is 27.1 Å². The number of sulfone groups is 1. The number of nitrogens with zero attached hydrogens (tertiary/aromatic N) is 4. The number of allylic oxidation sites excluding steroid dienone is 1. The van der Waals surface area contributed by atoms with Crippen molar-refractivity contribution in [2.45, 2.75) is 24.2 Å². The van der Waals surface area contributed by atoms with Gasteiger partial charge >= 0.3 is 0 Å². The third-order valence-corrected chi connectivity index (χ3v) is 6.63. The van der Waals surface area contributed by atoms with E-state index in [0.29, 0.717) is 23.9 Å². The summed E-state index contributed by atoms with van der Waals surface area (Å²) in [5.41, 5.74) is 0.877. The summed E-state index contributed by atoms with van der Waals surface area (Å²) in [6.45, 7) is 4.26. The molecule has 1 amide bonds. The molecule has 10 heteroatoms. The summed E-state index contributed by atoms with van der Waals surface area (Å²) >= 11 is 1.26. The molecule has 3 heterocycles. The fourth-order valence-corrected chi connectivity index (χ4v) is 5.14. The highest BCUT2D eigenvalue weighted by molar-refractivity contribution is 7.99. The number of amides is 1. The molecule has 138 valence electrons. The smallest absolute Gasteiger partial charge is 0.230 e. The Kier molecular flexibility index (Phi) is 5.72. The summed E-state index contributed by atoms with van der Waals surface area (Å²) in [6, 6.07) is 3.38. The molecule has 1 aliphatic heterocycles. The van der Waals surface area contributed by atoms with Gasteiger partial charge in [0.2, 0.25) is 5.91 Å². The van der Waals surface area contributed by atoms with Gasteiger partial charge in [-0.05, 0) is 18.6 Å². The molecule has 0 bridgehead atoms. The number of carbonyl (C=O) groups excluding carboxylic acids is 1. The van der Waals surface area contributed by atoms with E-state index in [0.717, 1.165) is 5.56 Å². The number of hydrogen-bond donors (Lipinski definition) is 1. The van der Waals surface area contributed by atoms with Crippen LogP contribution in [-0.4, -0.2) is 57.4 Å². The molecule has 0 aliphatic carbocycles. The molecule has 0 spiro atoms. The number of aromatic nitrogens is 4. The lowest BCUT2D eigenvalue weighted by Crippen LogP contribution is -2.36. The van der Waals surface area contributed by atoms with Crippen LogP contribution in [0.1, 0.15) is 6.42 Å². The van der Waals surface area contributed by atoms with E-state index in [1.807, 2.05) is 16.7 Å². The standard InChI is InChI=1S/C16H19N5O3S2/c1-2-8-21-15(12-3-6-17-7-4-12)19-20-16(21)25-10-14(22)18-13-5-9-26(23,24)11-13/h2-4,6-7,13H,1,5,8-11H2,(H,18,22)/t13-/m0/s1. The van der Waals surface area contributed by atoms with Gasteiger partial charge < -0.3 is 5.32 Å². The first-order valence-electron chi connectivity index (χ1n) is 8.05. The summed E-state index contributed by atoms with van der Waals surface area (Å²) in [5.74, 6) is 0.756. The zero-order chi connectivity index (χ0) is 18.6. The number of hydrogen-bond acceptors (Lipinski definition) is 7. The third kappa shape index (κ3) is 4.50. The van der Waals surface area contributed by atoms with E-state index in [9.17, 15) is 13.2 Å². The van der Waals surface area contributed by atoms with Crippen LogP contribution in [0.4, 0.5) is 0 Å². The average molecular weight is 393 g/mol. The molecule has 3 rings (SSSR count). The maximum atomic E-state index is 12.1. The zero-order valence-electron chi connectivity index (χ0n) is 14.0. The Balaban J connectivity index is 1.65. The molecule has 8 nitrogen and oxygen atoms in total. The van der Waals surface area contributed by atoms with Gasteiger partial charge in [-0.25, -0.2) is 8.42 Å². The lowest BCUT2D eigenvalue weighted by atomic mass is 10.2. The molecule has 0 saturated carbocycles. The van der Waals surface area contributed by atoms with Crippen LogP contribution in [0.15, 0.2) is 42.3 Å². The summed E-state index contributed by atoms with van der Waals surface area (Å²) in [5, 5.41) is 11.8. The molecule has 1 atom stereocenters. The van der Waals surface area contributed by atoms with E-state index >= 15 is 0 Å². The molecular weight excluding hydrogens is 374 g/mol. The maximum absolute atomic E-state index is 12.1. The van der Waals surface area contributed by atoms with Crippen molar-refractivity contribution in [2.75, 3.05) is 17.3 Å². The lowest BCUT2D eigenvalue weighted by molar-refractivity contribution is -0.119. The second kappa shape index (κ2) is 8.00. The maximum Gasteiger partial charge on any atom is 0.230 e. The molecule has 26 heavy (non-hydrogen) atoms. The van der Waals surface area contributed by atoms with E-state index in [4.69, 9.17) is 0 Å². The Hall–Kier alpha value is -2.20. The highest BCUT2D eigenvalue weighted by Crippen LogP contribution is 2.23. The number of thioether (sulfide) groups is 1. The van der Waals surface area contributed by atoms with Crippen LogP contribution in [0.5, 0.6) is 0 Å². The summed E-state index contributed by atoms with van der Waals surface area (Å²) in [4.78, 5) is 16.1. The van der Waals surface area contributed by atoms with Crippen molar-refractivity contribution in [3.05, 3.63) is 37.2 Å². The third-order valence-electron chi connectivity index (χ3n) is 3.90. The van der Waals surface area contributed by atoms with Gasteiger partial charge in [-0.3, -0.25) is 14.3 Å². The Morgan fingerprint density at radius 1 is 1.38 bits per heavy atom. The monoisotopic (exact) mass is 393 g/mol. The van der Waals surface area contributed by atoms with Gasteiger partial charge in [0.1, 0.15) is 0 Å². The number of pyridine rings is 1. The minimum absolute atomic E-state index is 0.0161. The van der Waals surface area contributed by atoms with E-state index < -0.39 is 9.84 Å². The summed E-state index contributed by atoms with van der Waals surface area (Å²) in [6.07, 6.45) is 5.56. The van der Waals surface area contributed by atoms with Crippen molar-refractivity contribution in [1.82, 2.24) is 25.1 Å². The molecule has 1 saturated heterocycles. The minimum atomic E-state index is -3.01. The molecule has 2 aromatic rings. The van der Waals surface area contributed by atoms with Crippen LogP contribution >= 0.6 is 11.8 Å². The van der Waals surface area contributed by atoms with Crippen molar-refractivity contribution >= 4 is 27.5 Å². The van der Waals surface area contributed by atoms with Gasteiger partial charge in [-0.2, -0.15) is 0 Å². The largest absolute Gasteiger partial charge is 0.352 e. The Bertz CT molecular complexity index is 896. The van der Waals surface area contributed by atoms with Gasteiger partial charge in [0.15, 0.2) is 20.8 Å². The van der Waals surface area contributed by atoms with Crippen molar-refractivity contribution < 1.29 is 13.2 Å². The molecule has 0 radical (unpaired) electrons. The highest BCUT2D eigenvalue weighted by atomic mass is 32.2. The average Bonchev–Trinajstić information content (AvgIpc) is 3.17. The Morgan fingerprint density at radius 2 is 2.15 bits per heavy atom. The van der Waals surface area contributed by atoms with E-state index in [1.165, 1.54) is 11.8 Å². The van der Waals surface area contributed by atoms with Crippen LogP contribution < -0.4 is 5.32 Å². The minimum Gasteiger partial charge on any atom is -0.352 e. The fraction of sp³-hybridized carbons (Fsp3) is 0.375. The molecule has 2 aromatic heterocycles. The highest BCUT2D eigenvalue weighted by Gasteiger charge is 2.29. The van der Waals surface area contributed by atoms with Crippen molar-refractivity contribution in [3.63, 3.8) is 0 Å². The first-order valence-corrected chi connectivity index (χ1v) is 10.9. The molecular formula is C16H19N5O3S2. The molecule has 0 unspecified atom stereocenters. The first kappa shape index (κ1) is 18.6. The van der Waals surface area contributed by atoms with E-state index in [-0.39, 0.29) is 29.2 Å². The second-order valence-corrected chi connectivity index (χ2v) is 9.07. The van der Waals surface area contributed by atoms with Crippen molar-refractivity contribution in [1.29, 1.82) is 0 Å². The SMILES string of the molecule is C=CCn1c(SCC(=O)N[C@H]2CCS(=O)(=O)C2)nnc1-c1ccncc1. The van der Waals surface area contributed by atoms with E-state index in [1.54, 1.807) is 18.5 Å². The van der Waals surface area contributed by atoms with Gasteiger partial charge in [-0.15, -0.1) is 16.8 Å². The second-order valence-electron chi connectivity index (χ2n) is 5.90. The van der Waals surface area contributed by atoms with Crippen LogP contribution in [-0.2, 0) is 21.2 Å². The zero-order valence-corrected chi connectivity index (χ0v) is 15.7. The predicted octanol–water partition coefficient (Wildman–Crippen LogP) is 0.921. The van der Waals surface area contributed by atoms with Gasteiger partial charge in [0.25, 0.3) is 0 Å². The normalized spacial score (nSPS) is 18.5. The molecule has 1 aliphatic rings.